The maximum atomic E-state index is 12.8. The Kier molecular flexibility index (Phi) is 7.62. The fraction of sp³-hybridized carbons (Fsp3) is 0.412. The first-order valence-corrected chi connectivity index (χ1v) is 9.45. The van der Waals surface area contributed by atoms with Crippen molar-refractivity contribution in [2.45, 2.75) is 23.3 Å². The Balaban J connectivity index is 0.00000225. The number of aromatic nitrogens is 2. The summed E-state index contributed by atoms with van der Waals surface area (Å²) in [6.45, 7) is 2.28. The first-order valence-electron chi connectivity index (χ1n) is 8.08. The lowest BCUT2D eigenvalue weighted by Crippen LogP contribution is -2.54. The Hall–Kier alpha value is -1.21. The predicted molar refractivity (Wildman–Crippen MR) is 105 cm³/mol. The molecule has 1 aromatic heterocycles. The van der Waals surface area contributed by atoms with Gasteiger partial charge in [-0.3, -0.25) is 9.48 Å². The molecule has 136 valence electrons. The van der Waals surface area contributed by atoms with Crippen LogP contribution in [0, 0.1) is 0 Å². The van der Waals surface area contributed by atoms with Crippen LogP contribution in [0.4, 0.5) is 0 Å². The van der Waals surface area contributed by atoms with Gasteiger partial charge in [-0.1, -0.05) is 11.6 Å². The Morgan fingerprint density at radius 2 is 2.04 bits per heavy atom. The quantitative estimate of drug-likeness (QED) is 0.577. The molecule has 2 aromatic rings. The number of halogens is 2. The van der Waals surface area contributed by atoms with Crippen molar-refractivity contribution in [2.75, 3.05) is 25.4 Å². The molecule has 2 N–H and O–H groups in total. The van der Waals surface area contributed by atoms with Gasteiger partial charge in [-0.15, -0.1) is 24.2 Å². The van der Waals surface area contributed by atoms with Gasteiger partial charge in [0, 0.05) is 34.6 Å². The van der Waals surface area contributed by atoms with Crippen LogP contribution in [0.25, 0.3) is 0 Å². The lowest BCUT2D eigenvalue weighted by molar-refractivity contribution is -0.131. The van der Waals surface area contributed by atoms with Crippen LogP contribution in [-0.4, -0.2) is 41.1 Å². The molecule has 0 spiro atoms. The van der Waals surface area contributed by atoms with E-state index in [-0.39, 0.29) is 18.3 Å². The molecule has 0 bridgehead atoms. The maximum Gasteiger partial charge on any atom is 0.248 e. The van der Waals surface area contributed by atoms with Crippen molar-refractivity contribution in [1.29, 1.82) is 0 Å². The Bertz CT molecular complexity index is 658. The highest BCUT2D eigenvalue weighted by atomic mass is 35.5. The molecular weight excluding hydrogens is 379 g/mol. The molecule has 2 heterocycles. The van der Waals surface area contributed by atoms with Gasteiger partial charge in [0.1, 0.15) is 5.54 Å². The third-order valence-corrected chi connectivity index (χ3v) is 5.53. The first kappa shape index (κ1) is 20.1. The second-order valence-corrected chi connectivity index (χ2v) is 7.40. The SMILES string of the molecule is Cl.O=C(NCCSc1ccc(Cl)cc1)C1(n2cccn2)CCNCC1. The number of hydrogen-bond donors (Lipinski definition) is 2. The standard InChI is InChI=1S/C17H21ClN4OS.ClH/c18-14-2-4-15(5-3-14)24-13-11-20-16(23)17(6-9-19-10-7-17)22-12-1-8-21-22;/h1-5,8,12,19H,6-7,9-11,13H2,(H,20,23);1H. The number of nitrogens with zero attached hydrogens (tertiary/aromatic N) is 2. The van der Waals surface area contributed by atoms with E-state index in [1.165, 1.54) is 0 Å². The summed E-state index contributed by atoms with van der Waals surface area (Å²) in [5.41, 5.74) is -0.570. The van der Waals surface area contributed by atoms with Crippen LogP contribution in [0.2, 0.25) is 5.02 Å². The number of rotatable bonds is 6. The molecule has 0 atom stereocenters. The van der Waals surface area contributed by atoms with Gasteiger partial charge in [-0.25, -0.2) is 0 Å². The minimum Gasteiger partial charge on any atom is -0.353 e. The Morgan fingerprint density at radius 1 is 1.32 bits per heavy atom. The summed E-state index contributed by atoms with van der Waals surface area (Å²) in [5, 5.41) is 11.5. The minimum absolute atomic E-state index is 0. The molecule has 25 heavy (non-hydrogen) atoms. The van der Waals surface area contributed by atoms with Gasteiger partial charge >= 0.3 is 0 Å². The highest BCUT2D eigenvalue weighted by Gasteiger charge is 2.41. The van der Waals surface area contributed by atoms with Gasteiger partial charge in [0.05, 0.1) is 0 Å². The van der Waals surface area contributed by atoms with Crippen molar-refractivity contribution in [3.63, 3.8) is 0 Å². The molecule has 0 saturated carbocycles. The van der Waals surface area contributed by atoms with Crippen LogP contribution in [0.3, 0.4) is 0 Å². The van der Waals surface area contributed by atoms with Gasteiger partial charge in [0.15, 0.2) is 0 Å². The predicted octanol–water partition coefficient (Wildman–Crippen LogP) is 2.95. The normalized spacial score (nSPS) is 16.0. The lowest BCUT2D eigenvalue weighted by Gasteiger charge is -2.36. The van der Waals surface area contributed by atoms with Crippen molar-refractivity contribution in [3.8, 4) is 0 Å². The second kappa shape index (κ2) is 9.48. The zero-order valence-electron chi connectivity index (χ0n) is 13.8. The highest BCUT2D eigenvalue weighted by molar-refractivity contribution is 7.99. The van der Waals surface area contributed by atoms with E-state index in [1.807, 2.05) is 41.2 Å². The maximum absolute atomic E-state index is 12.8. The molecule has 1 saturated heterocycles. The van der Waals surface area contributed by atoms with E-state index in [4.69, 9.17) is 11.6 Å². The van der Waals surface area contributed by atoms with Gasteiger partial charge in [0.2, 0.25) is 5.91 Å². The zero-order chi connectivity index (χ0) is 16.8. The smallest absolute Gasteiger partial charge is 0.248 e. The summed E-state index contributed by atoms with van der Waals surface area (Å²) in [6, 6.07) is 9.61. The fourth-order valence-electron chi connectivity index (χ4n) is 2.95. The molecule has 1 aromatic carbocycles. The van der Waals surface area contributed by atoms with Gasteiger partial charge < -0.3 is 10.6 Å². The summed E-state index contributed by atoms with van der Waals surface area (Å²) < 4.78 is 1.81. The molecule has 1 fully saturated rings. The topological polar surface area (TPSA) is 59.0 Å². The summed E-state index contributed by atoms with van der Waals surface area (Å²) in [5.74, 6) is 0.880. The highest BCUT2D eigenvalue weighted by Crippen LogP contribution is 2.27. The van der Waals surface area contributed by atoms with Crippen molar-refractivity contribution in [3.05, 3.63) is 47.7 Å². The number of thioether (sulfide) groups is 1. The molecule has 5 nitrogen and oxygen atoms in total. The van der Waals surface area contributed by atoms with Crippen LogP contribution in [0.5, 0.6) is 0 Å². The Labute approximate surface area is 163 Å². The van der Waals surface area contributed by atoms with E-state index in [9.17, 15) is 4.79 Å². The van der Waals surface area contributed by atoms with Crippen LogP contribution in [-0.2, 0) is 10.3 Å². The second-order valence-electron chi connectivity index (χ2n) is 5.79. The van der Waals surface area contributed by atoms with Crippen molar-refractivity contribution in [2.24, 2.45) is 0 Å². The molecule has 1 amide bonds. The van der Waals surface area contributed by atoms with Gasteiger partial charge in [0.25, 0.3) is 0 Å². The van der Waals surface area contributed by atoms with Crippen LogP contribution >= 0.6 is 35.8 Å². The number of carbonyl (C=O) groups is 1. The average Bonchev–Trinajstić information content (AvgIpc) is 3.16. The van der Waals surface area contributed by atoms with Crippen LogP contribution < -0.4 is 10.6 Å². The molecule has 8 heteroatoms. The van der Waals surface area contributed by atoms with Gasteiger partial charge in [-0.2, -0.15) is 5.10 Å². The van der Waals surface area contributed by atoms with Crippen molar-refractivity contribution >= 4 is 41.7 Å². The van der Waals surface area contributed by atoms with Crippen LogP contribution in [0.1, 0.15) is 12.8 Å². The monoisotopic (exact) mass is 400 g/mol. The molecular formula is C17H22Cl2N4OS. The lowest BCUT2D eigenvalue weighted by atomic mass is 9.87. The summed E-state index contributed by atoms with van der Waals surface area (Å²) in [4.78, 5) is 14.0. The number of amides is 1. The number of piperidine rings is 1. The molecule has 0 radical (unpaired) electrons. The minimum atomic E-state index is -0.570. The molecule has 1 aliphatic heterocycles. The number of hydrogen-bond acceptors (Lipinski definition) is 4. The number of benzene rings is 1. The third-order valence-electron chi connectivity index (χ3n) is 4.27. The van der Waals surface area contributed by atoms with E-state index in [2.05, 4.69) is 15.7 Å². The van der Waals surface area contributed by atoms with E-state index >= 15 is 0 Å². The van der Waals surface area contributed by atoms with E-state index in [0.717, 1.165) is 41.6 Å². The van der Waals surface area contributed by atoms with Gasteiger partial charge in [-0.05, 0) is 56.3 Å². The fourth-order valence-corrected chi connectivity index (χ4v) is 3.85. The zero-order valence-corrected chi connectivity index (χ0v) is 16.2. The molecule has 3 rings (SSSR count). The number of carbonyl (C=O) groups excluding carboxylic acids is 1. The summed E-state index contributed by atoms with van der Waals surface area (Å²) in [7, 11) is 0. The van der Waals surface area contributed by atoms with E-state index < -0.39 is 5.54 Å². The van der Waals surface area contributed by atoms with Crippen LogP contribution in [0.15, 0.2) is 47.6 Å². The van der Waals surface area contributed by atoms with E-state index in [0.29, 0.717) is 6.54 Å². The van der Waals surface area contributed by atoms with Crippen molar-refractivity contribution < 1.29 is 4.79 Å². The largest absolute Gasteiger partial charge is 0.353 e. The Morgan fingerprint density at radius 3 is 2.68 bits per heavy atom. The van der Waals surface area contributed by atoms with Crippen molar-refractivity contribution in [1.82, 2.24) is 20.4 Å². The third kappa shape index (κ3) is 4.91. The molecule has 1 aliphatic rings. The molecule has 0 unspecified atom stereocenters. The molecule has 0 aliphatic carbocycles. The summed E-state index contributed by atoms with van der Waals surface area (Å²) in [6.07, 6.45) is 5.12. The average molecular weight is 401 g/mol. The number of nitrogens with one attached hydrogen (secondary N) is 2. The van der Waals surface area contributed by atoms with E-state index in [1.54, 1.807) is 18.0 Å². The first-order chi connectivity index (χ1) is 11.7. The summed E-state index contributed by atoms with van der Waals surface area (Å²) >= 11 is 7.59.